The second-order valence-electron chi connectivity index (χ2n) is 8.39. The van der Waals surface area contributed by atoms with Gasteiger partial charge in [-0.05, 0) is 47.2 Å². The summed E-state index contributed by atoms with van der Waals surface area (Å²) in [6, 6.07) is 12.8. The molecular weight excluding hydrogens is 420 g/mol. The highest BCUT2D eigenvalue weighted by atomic mass is 79.9. The van der Waals surface area contributed by atoms with Crippen molar-refractivity contribution in [2.45, 2.75) is 26.2 Å². The monoisotopic (exact) mass is 442 g/mol. The number of hydrogen-bond acceptors (Lipinski definition) is 2. The lowest BCUT2D eigenvalue weighted by molar-refractivity contribution is 0.453. The first-order valence-electron chi connectivity index (χ1n) is 10.1. The average Bonchev–Trinajstić information content (AvgIpc) is 2.73. The molecule has 3 heteroatoms. The molecule has 2 aliphatic carbocycles. The molecule has 0 saturated carbocycles. The van der Waals surface area contributed by atoms with E-state index in [0.717, 1.165) is 28.0 Å². The van der Waals surface area contributed by atoms with E-state index in [2.05, 4.69) is 95.5 Å². The van der Waals surface area contributed by atoms with Gasteiger partial charge in [-0.3, -0.25) is 9.98 Å². The van der Waals surface area contributed by atoms with E-state index in [1.807, 2.05) is 18.3 Å². The lowest BCUT2D eigenvalue weighted by Gasteiger charge is -2.34. The van der Waals surface area contributed by atoms with Crippen LogP contribution in [-0.2, 0) is 0 Å². The molecule has 0 fully saturated rings. The molecule has 0 bridgehead atoms. The summed E-state index contributed by atoms with van der Waals surface area (Å²) in [5.41, 5.74) is 6.97. The summed E-state index contributed by atoms with van der Waals surface area (Å²) in [4.78, 5) is 9.51. The molecule has 1 aliphatic heterocycles. The standard InChI is InChI=1S/C26H23BrN2/c1-17-13-25(23-5-3-4-12-28-23)29-24-15-18(6-9-22(17)24)19-10-11-26(2)16-21(27)8-7-20(26)14-19/h3-12,14-17,20H,13H2,1-2H3. The van der Waals surface area contributed by atoms with Gasteiger partial charge in [-0.15, -0.1) is 0 Å². The summed E-state index contributed by atoms with van der Waals surface area (Å²) in [6.07, 6.45) is 16.4. The van der Waals surface area contributed by atoms with E-state index >= 15 is 0 Å². The van der Waals surface area contributed by atoms with Crippen LogP contribution in [0, 0.1) is 11.3 Å². The van der Waals surface area contributed by atoms with Gasteiger partial charge in [0.2, 0.25) is 0 Å². The summed E-state index contributed by atoms with van der Waals surface area (Å²) >= 11 is 3.62. The summed E-state index contributed by atoms with van der Waals surface area (Å²) in [5, 5.41) is 0. The average molecular weight is 443 g/mol. The molecule has 3 aliphatic rings. The quantitative estimate of drug-likeness (QED) is 0.485. The first-order chi connectivity index (χ1) is 14.0. The second kappa shape index (κ2) is 7.07. The number of hydrogen-bond donors (Lipinski definition) is 0. The van der Waals surface area contributed by atoms with Crippen LogP contribution in [0.3, 0.4) is 0 Å². The largest absolute Gasteiger partial charge is 0.255 e. The van der Waals surface area contributed by atoms with Crippen molar-refractivity contribution >= 4 is 32.9 Å². The van der Waals surface area contributed by atoms with Crippen LogP contribution in [-0.4, -0.2) is 10.7 Å². The Labute approximate surface area is 180 Å². The summed E-state index contributed by atoms with van der Waals surface area (Å²) < 4.78 is 1.15. The van der Waals surface area contributed by atoms with Crippen LogP contribution in [0.2, 0.25) is 0 Å². The van der Waals surface area contributed by atoms with Crippen LogP contribution in [0.15, 0.2) is 88.5 Å². The first kappa shape index (κ1) is 18.5. The molecule has 3 unspecified atom stereocenters. The molecule has 0 N–H and O–H groups in total. The minimum atomic E-state index is 0.0319. The van der Waals surface area contributed by atoms with Gasteiger partial charge in [0.05, 0.1) is 17.1 Å². The van der Waals surface area contributed by atoms with Gasteiger partial charge in [0, 0.05) is 22.0 Å². The lowest BCUT2D eigenvalue weighted by atomic mass is 9.70. The zero-order valence-electron chi connectivity index (χ0n) is 16.6. The molecule has 2 nitrogen and oxygen atoms in total. The van der Waals surface area contributed by atoms with Crippen LogP contribution >= 0.6 is 15.9 Å². The highest BCUT2D eigenvalue weighted by Gasteiger charge is 2.32. The Hall–Kier alpha value is -2.52. The first-order valence-corrected chi connectivity index (χ1v) is 10.9. The number of nitrogens with zero attached hydrogens (tertiary/aromatic N) is 2. The van der Waals surface area contributed by atoms with Crippen LogP contribution in [0.1, 0.15) is 43.0 Å². The third-order valence-corrected chi connectivity index (χ3v) is 6.71. The van der Waals surface area contributed by atoms with Crippen molar-refractivity contribution in [1.29, 1.82) is 0 Å². The van der Waals surface area contributed by atoms with Crippen molar-refractivity contribution in [3.8, 4) is 0 Å². The van der Waals surface area contributed by atoms with Crippen molar-refractivity contribution < 1.29 is 0 Å². The Morgan fingerprint density at radius 2 is 2.03 bits per heavy atom. The van der Waals surface area contributed by atoms with Crippen molar-refractivity contribution in [3.05, 3.63) is 100 Å². The number of aliphatic imine (C=N–C) groups is 1. The van der Waals surface area contributed by atoms with Crippen molar-refractivity contribution in [2.24, 2.45) is 16.3 Å². The van der Waals surface area contributed by atoms with E-state index in [-0.39, 0.29) is 5.41 Å². The maximum absolute atomic E-state index is 5.00. The molecule has 0 saturated heterocycles. The predicted molar refractivity (Wildman–Crippen MR) is 125 cm³/mol. The number of halogens is 1. The van der Waals surface area contributed by atoms with Crippen LogP contribution in [0.25, 0.3) is 5.57 Å². The topological polar surface area (TPSA) is 25.2 Å². The number of fused-ring (bicyclic) bond motifs is 2. The Bertz CT molecular complexity index is 1120. The molecule has 2 aromatic rings. The molecule has 1 aromatic carbocycles. The van der Waals surface area contributed by atoms with E-state index in [9.17, 15) is 0 Å². The highest BCUT2D eigenvalue weighted by Crippen LogP contribution is 2.44. The van der Waals surface area contributed by atoms with Gasteiger partial charge < -0.3 is 0 Å². The SMILES string of the molecule is CC1CC(c2ccccn2)=Nc2cc(C3=CC4C=CC(Br)=CC4(C)C=C3)ccc21. The maximum atomic E-state index is 5.00. The van der Waals surface area contributed by atoms with Crippen LogP contribution in [0.5, 0.6) is 0 Å². The Morgan fingerprint density at radius 3 is 2.86 bits per heavy atom. The fourth-order valence-corrected chi connectivity index (χ4v) is 5.12. The van der Waals surface area contributed by atoms with Gasteiger partial charge in [-0.25, -0.2) is 0 Å². The smallest absolute Gasteiger partial charge is 0.0844 e. The van der Waals surface area contributed by atoms with Gasteiger partial charge in [-0.2, -0.15) is 0 Å². The molecule has 0 radical (unpaired) electrons. The van der Waals surface area contributed by atoms with E-state index < -0.39 is 0 Å². The maximum Gasteiger partial charge on any atom is 0.0844 e. The van der Waals surface area contributed by atoms with Gasteiger partial charge in [0.1, 0.15) is 0 Å². The highest BCUT2D eigenvalue weighted by molar-refractivity contribution is 9.11. The number of pyridine rings is 1. The van der Waals surface area contributed by atoms with Crippen molar-refractivity contribution in [1.82, 2.24) is 4.98 Å². The van der Waals surface area contributed by atoms with Crippen molar-refractivity contribution in [2.75, 3.05) is 0 Å². The summed E-state index contributed by atoms with van der Waals surface area (Å²) in [5.74, 6) is 0.808. The normalized spacial score (nSPS) is 27.5. The van der Waals surface area contributed by atoms with Crippen LogP contribution < -0.4 is 0 Å². The lowest BCUT2D eigenvalue weighted by Crippen LogP contribution is -2.24. The third kappa shape index (κ3) is 3.38. The predicted octanol–water partition coefficient (Wildman–Crippen LogP) is 7.13. The molecule has 0 amide bonds. The Kier molecular flexibility index (Phi) is 4.51. The minimum Gasteiger partial charge on any atom is -0.255 e. The summed E-state index contributed by atoms with van der Waals surface area (Å²) in [6.45, 7) is 4.56. The molecule has 0 spiro atoms. The molecule has 5 rings (SSSR count). The van der Waals surface area contributed by atoms with E-state index in [1.165, 1.54) is 16.7 Å². The fraction of sp³-hybridized carbons (Fsp3) is 0.231. The van der Waals surface area contributed by atoms with Gasteiger partial charge in [0.15, 0.2) is 0 Å². The molecule has 2 heterocycles. The number of rotatable bonds is 2. The molecule has 1 aromatic heterocycles. The minimum absolute atomic E-state index is 0.0319. The Morgan fingerprint density at radius 1 is 1.14 bits per heavy atom. The van der Waals surface area contributed by atoms with E-state index in [0.29, 0.717) is 11.8 Å². The molecule has 29 heavy (non-hydrogen) atoms. The van der Waals surface area contributed by atoms with Gasteiger partial charge in [0.25, 0.3) is 0 Å². The Balaban J connectivity index is 1.52. The molecular formula is C26H23BrN2. The zero-order valence-corrected chi connectivity index (χ0v) is 18.2. The second-order valence-corrected chi connectivity index (χ2v) is 9.30. The molecule has 144 valence electrons. The number of aromatic nitrogens is 1. The van der Waals surface area contributed by atoms with E-state index in [4.69, 9.17) is 4.99 Å². The number of allylic oxidation sites excluding steroid dienone is 8. The third-order valence-electron chi connectivity index (χ3n) is 6.22. The number of benzene rings is 1. The van der Waals surface area contributed by atoms with E-state index in [1.54, 1.807) is 0 Å². The van der Waals surface area contributed by atoms with Crippen LogP contribution in [0.4, 0.5) is 5.69 Å². The van der Waals surface area contributed by atoms with Gasteiger partial charge >= 0.3 is 0 Å². The van der Waals surface area contributed by atoms with Gasteiger partial charge in [-0.1, -0.05) is 84.4 Å². The fourth-order valence-electron chi connectivity index (χ4n) is 4.47. The zero-order chi connectivity index (χ0) is 20.0. The summed E-state index contributed by atoms with van der Waals surface area (Å²) in [7, 11) is 0. The molecule has 3 atom stereocenters. The van der Waals surface area contributed by atoms with Crippen molar-refractivity contribution in [3.63, 3.8) is 0 Å².